The molecule has 15 heavy (non-hydrogen) atoms. The number of Topliss-reactive ketones (excluding diaryl/α,β-unsaturated/α-hetero) is 1. The summed E-state index contributed by atoms with van der Waals surface area (Å²) in [5.41, 5.74) is 0.213. The Labute approximate surface area is 90.5 Å². The predicted octanol–water partition coefficient (Wildman–Crippen LogP) is 2.26. The molecule has 84 valence electrons. The van der Waals surface area contributed by atoms with E-state index in [0.29, 0.717) is 19.4 Å². The molecule has 3 nitrogen and oxygen atoms in total. The molecule has 0 aromatic carbocycles. The molecule has 0 aliphatic heterocycles. The molecule has 1 rings (SSSR count). The van der Waals surface area contributed by atoms with Crippen molar-refractivity contribution in [3.05, 3.63) is 11.6 Å². The number of allylic oxidation sites excluding steroid dienone is 2. The molecule has 1 atom stereocenters. The zero-order chi connectivity index (χ0) is 11.5. The molecule has 0 amide bonds. The highest BCUT2D eigenvalue weighted by Gasteiger charge is 2.41. The highest BCUT2D eigenvalue weighted by molar-refractivity contribution is 6.03. The zero-order valence-electron chi connectivity index (χ0n) is 9.63. The summed E-state index contributed by atoms with van der Waals surface area (Å²) in [4.78, 5) is 23.6. The van der Waals surface area contributed by atoms with Crippen molar-refractivity contribution >= 4 is 11.8 Å². The van der Waals surface area contributed by atoms with Crippen molar-refractivity contribution in [1.29, 1.82) is 0 Å². The smallest absolute Gasteiger partial charge is 0.319 e. The minimum atomic E-state index is -0.965. The van der Waals surface area contributed by atoms with Gasteiger partial charge in [0.05, 0.1) is 6.61 Å². The quantitative estimate of drug-likeness (QED) is 0.399. The maximum atomic E-state index is 11.9. The molecule has 0 aromatic heterocycles. The van der Waals surface area contributed by atoms with Crippen molar-refractivity contribution in [3.8, 4) is 0 Å². The van der Waals surface area contributed by atoms with Crippen molar-refractivity contribution in [2.45, 2.75) is 40.0 Å². The van der Waals surface area contributed by atoms with Crippen LogP contribution in [0.4, 0.5) is 0 Å². The summed E-state index contributed by atoms with van der Waals surface area (Å²) < 4.78 is 4.96. The Kier molecular flexibility index (Phi) is 3.66. The normalized spacial score (nSPS) is 26.9. The minimum absolute atomic E-state index is 0.00551. The fraction of sp³-hybridized carbons (Fsp3) is 0.667. The van der Waals surface area contributed by atoms with E-state index in [0.717, 1.165) is 6.42 Å². The molecule has 1 aliphatic rings. The van der Waals surface area contributed by atoms with Crippen LogP contribution >= 0.6 is 0 Å². The van der Waals surface area contributed by atoms with E-state index in [1.165, 1.54) is 5.57 Å². The third kappa shape index (κ3) is 2.46. The van der Waals surface area contributed by atoms with E-state index >= 15 is 0 Å². The molecule has 0 saturated heterocycles. The van der Waals surface area contributed by atoms with Gasteiger partial charge < -0.3 is 4.74 Å². The first-order valence-electron chi connectivity index (χ1n) is 5.37. The predicted molar refractivity (Wildman–Crippen MR) is 57.4 cm³/mol. The molecule has 0 heterocycles. The summed E-state index contributed by atoms with van der Waals surface area (Å²) in [5.74, 6) is -0.394. The summed E-state index contributed by atoms with van der Waals surface area (Å²) >= 11 is 0. The van der Waals surface area contributed by atoms with Crippen molar-refractivity contribution in [2.24, 2.45) is 5.41 Å². The Bertz CT molecular complexity index is 304. The van der Waals surface area contributed by atoms with E-state index in [-0.39, 0.29) is 11.8 Å². The molecule has 0 radical (unpaired) electrons. The lowest BCUT2D eigenvalue weighted by molar-refractivity contribution is -0.158. The van der Waals surface area contributed by atoms with Gasteiger partial charge in [-0.3, -0.25) is 9.59 Å². The maximum Gasteiger partial charge on any atom is 0.319 e. The monoisotopic (exact) mass is 210 g/mol. The highest BCUT2D eigenvalue weighted by Crippen LogP contribution is 2.31. The average molecular weight is 210 g/mol. The number of carbonyl (C=O) groups is 2. The lowest BCUT2D eigenvalue weighted by Gasteiger charge is -2.22. The molecule has 1 unspecified atom stereocenters. The van der Waals surface area contributed by atoms with Gasteiger partial charge in [-0.25, -0.2) is 0 Å². The second-order valence-electron chi connectivity index (χ2n) is 4.23. The van der Waals surface area contributed by atoms with E-state index in [1.807, 2.05) is 13.0 Å². The second kappa shape index (κ2) is 4.60. The van der Waals surface area contributed by atoms with Crippen LogP contribution in [0, 0.1) is 5.41 Å². The molecular formula is C12H18O3. The SMILES string of the molecule is CCOC(=O)C1(C)CC=C(C)CCC1=O. The van der Waals surface area contributed by atoms with E-state index in [4.69, 9.17) is 4.74 Å². The topological polar surface area (TPSA) is 43.4 Å². The van der Waals surface area contributed by atoms with Gasteiger partial charge in [-0.05, 0) is 33.6 Å². The first-order chi connectivity index (χ1) is 7.00. The summed E-state index contributed by atoms with van der Waals surface area (Å²) in [6.45, 7) is 5.75. The molecule has 0 saturated carbocycles. The fourth-order valence-corrected chi connectivity index (χ4v) is 1.67. The first kappa shape index (κ1) is 12.0. The third-order valence-corrected chi connectivity index (χ3v) is 2.95. The number of ketones is 1. The molecule has 0 aromatic rings. The van der Waals surface area contributed by atoms with Gasteiger partial charge in [-0.1, -0.05) is 11.6 Å². The molecule has 0 bridgehead atoms. The summed E-state index contributed by atoms with van der Waals surface area (Å²) in [6.07, 6.45) is 3.64. The molecule has 0 N–H and O–H groups in total. The van der Waals surface area contributed by atoms with Crippen LogP contribution in [0.5, 0.6) is 0 Å². The average Bonchev–Trinajstić information content (AvgIpc) is 2.33. The second-order valence-corrected chi connectivity index (χ2v) is 4.23. The number of carbonyl (C=O) groups excluding carboxylic acids is 2. The lowest BCUT2D eigenvalue weighted by atomic mass is 9.82. The Morgan fingerprint density at radius 2 is 2.20 bits per heavy atom. The number of esters is 1. The standard InChI is InChI=1S/C12H18O3/c1-4-15-11(14)12(3)8-7-9(2)5-6-10(12)13/h7H,4-6,8H2,1-3H3. The van der Waals surface area contributed by atoms with Crippen LogP contribution in [-0.2, 0) is 14.3 Å². The van der Waals surface area contributed by atoms with Crippen LogP contribution < -0.4 is 0 Å². The number of rotatable bonds is 2. The van der Waals surface area contributed by atoms with E-state index in [1.54, 1.807) is 13.8 Å². The van der Waals surface area contributed by atoms with Crippen LogP contribution in [0.25, 0.3) is 0 Å². The van der Waals surface area contributed by atoms with Crippen LogP contribution in [0.2, 0.25) is 0 Å². The van der Waals surface area contributed by atoms with Gasteiger partial charge in [-0.15, -0.1) is 0 Å². The lowest BCUT2D eigenvalue weighted by Crippen LogP contribution is -2.37. The van der Waals surface area contributed by atoms with E-state index in [9.17, 15) is 9.59 Å². The number of hydrogen-bond donors (Lipinski definition) is 0. The Morgan fingerprint density at radius 3 is 2.80 bits per heavy atom. The van der Waals surface area contributed by atoms with Gasteiger partial charge in [0.25, 0.3) is 0 Å². The summed E-state index contributed by atoms with van der Waals surface area (Å²) in [5, 5.41) is 0. The van der Waals surface area contributed by atoms with Gasteiger partial charge in [-0.2, -0.15) is 0 Å². The van der Waals surface area contributed by atoms with Crippen molar-refractivity contribution in [3.63, 3.8) is 0 Å². The Hall–Kier alpha value is -1.12. The largest absolute Gasteiger partial charge is 0.465 e. The van der Waals surface area contributed by atoms with E-state index < -0.39 is 5.41 Å². The summed E-state index contributed by atoms with van der Waals surface area (Å²) in [6, 6.07) is 0. The molecular weight excluding hydrogens is 192 g/mol. The van der Waals surface area contributed by atoms with Crippen LogP contribution in [0.1, 0.15) is 40.0 Å². The number of ether oxygens (including phenoxy) is 1. The van der Waals surface area contributed by atoms with Crippen molar-refractivity contribution in [1.82, 2.24) is 0 Å². The maximum absolute atomic E-state index is 11.9. The first-order valence-corrected chi connectivity index (χ1v) is 5.37. The Balaban J connectivity index is 2.88. The van der Waals surface area contributed by atoms with Gasteiger partial charge in [0, 0.05) is 6.42 Å². The van der Waals surface area contributed by atoms with Gasteiger partial charge in [0.15, 0.2) is 5.78 Å². The van der Waals surface area contributed by atoms with Gasteiger partial charge in [0.2, 0.25) is 0 Å². The summed E-state index contributed by atoms with van der Waals surface area (Å²) in [7, 11) is 0. The Morgan fingerprint density at radius 1 is 1.53 bits per heavy atom. The van der Waals surface area contributed by atoms with Crippen LogP contribution in [-0.4, -0.2) is 18.4 Å². The van der Waals surface area contributed by atoms with Crippen LogP contribution in [0.3, 0.4) is 0 Å². The zero-order valence-corrected chi connectivity index (χ0v) is 9.63. The van der Waals surface area contributed by atoms with Crippen molar-refractivity contribution in [2.75, 3.05) is 6.61 Å². The van der Waals surface area contributed by atoms with Gasteiger partial charge >= 0.3 is 5.97 Å². The number of hydrogen-bond acceptors (Lipinski definition) is 3. The van der Waals surface area contributed by atoms with Gasteiger partial charge in [0.1, 0.15) is 5.41 Å². The highest BCUT2D eigenvalue weighted by atomic mass is 16.5. The van der Waals surface area contributed by atoms with E-state index in [2.05, 4.69) is 0 Å². The molecule has 1 aliphatic carbocycles. The molecule has 0 fully saturated rings. The third-order valence-electron chi connectivity index (χ3n) is 2.95. The molecule has 3 heteroatoms. The fourth-order valence-electron chi connectivity index (χ4n) is 1.67. The van der Waals surface area contributed by atoms with Crippen molar-refractivity contribution < 1.29 is 14.3 Å². The molecule has 0 spiro atoms. The van der Waals surface area contributed by atoms with Crippen LogP contribution in [0.15, 0.2) is 11.6 Å². The minimum Gasteiger partial charge on any atom is -0.465 e.